The van der Waals surface area contributed by atoms with Crippen molar-refractivity contribution in [2.45, 2.75) is 44.1 Å². The second-order valence-corrected chi connectivity index (χ2v) is 6.11. The maximum atomic E-state index is 6.09. The second-order valence-electron chi connectivity index (χ2n) is 6.11. The molecule has 2 aliphatic rings. The molecule has 0 amide bonds. The third-order valence-electron chi connectivity index (χ3n) is 4.57. The highest BCUT2D eigenvalue weighted by atomic mass is 15.3. The molecule has 1 aromatic carbocycles. The van der Waals surface area contributed by atoms with Gasteiger partial charge >= 0.3 is 0 Å². The van der Waals surface area contributed by atoms with Gasteiger partial charge in [-0.15, -0.1) is 0 Å². The molecule has 3 heteroatoms. The Balaban J connectivity index is 1.72. The Labute approximate surface area is 115 Å². The molecule has 2 saturated carbocycles. The molecule has 3 nitrogen and oxygen atoms in total. The zero-order valence-electron chi connectivity index (χ0n) is 11.9. The molecule has 19 heavy (non-hydrogen) atoms. The Morgan fingerprint density at radius 2 is 2.05 bits per heavy atom. The van der Waals surface area contributed by atoms with Crippen LogP contribution < -0.4 is 5.73 Å². The fourth-order valence-electron chi connectivity index (χ4n) is 2.82. The summed E-state index contributed by atoms with van der Waals surface area (Å²) in [6, 6.07) is 9.31. The summed E-state index contributed by atoms with van der Waals surface area (Å²) in [4.78, 5) is 6.79. The van der Waals surface area contributed by atoms with E-state index in [1.807, 2.05) is 0 Å². The van der Waals surface area contributed by atoms with Crippen molar-refractivity contribution >= 4 is 5.96 Å². The van der Waals surface area contributed by atoms with Crippen LogP contribution in [0, 0.1) is 6.92 Å². The molecular formula is C16H23N3. The number of aryl methyl sites for hydroxylation is 1. The molecule has 0 bridgehead atoms. The number of hydrogen-bond acceptors (Lipinski definition) is 1. The van der Waals surface area contributed by atoms with Crippen LogP contribution in [0.4, 0.5) is 0 Å². The molecule has 0 saturated heterocycles. The lowest BCUT2D eigenvalue weighted by atomic mass is 9.92. The lowest BCUT2D eigenvalue weighted by molar-refractivity contribution is 0.485. The average Bonchev–Trinajstić information content (AvgIpc) is 3.28. The van der Waals surface area contributed by atoms with Crippen molar-refractivity contribution in [3.05, 3.63) is 35.4 Å². The van der Waals surface area contributed by atoms with Gasteiger partial charge in [0.1, 0.15) is 0 Å². The van der Waals surface area contributed by atoms with Gasteiger partial charge in [0.2, 0.25) is 0 Å². The molecule has 1 aromatic rings. The summed E-state index contributed by atoms with van der Waals surface area (Å²) in [6.45, 7) is 3.03. The molecule has 0 radical (unpaired) electrons. The standard InChI is InChI=1S/C16H23N3/c1-12-5-3-4-6-14(12)16(9-10-16)11-18-15(17)19(2)13-7-8-13/h3-6,13H,7-11H2,1-2H3,(H2,17,18). The molecule has 3 rings (SSSR count). The normalized spacial score (nSPS) is 21.3. The predicted molar refractivity (Wildman–Crippen MR) is 79.4 cm³/mol. The van der Waals surface area contributed by atoms with E-state index < -0.39 is 0 Å². The molecule has 0 aliphatic heterocycles. The van der Waals surface area contributed by atoms with E-state index in [2.05, 4.69) is 48.1 Å². The Kier molecular flexibility index (Phi) is 3.00. The van der Waals surface area contributed by atoms with E-state index in [0.717, 1.165) is 6.54 Å². The van der Waals surface area contributed by atoms with E-state index >= 15 is 0 Å². The summed E-state index contributed by atoms with van der Waals surface area (Å²) < 4.78 is 0. The largest absolute Gasteiger partial charge is 0.370 e. The smallest absolute Gasteiger partial charge is 0.191 e. The maximum Gasteiger partial charge on any atom is 0.191 e. The van der Waals surface area contributed by atoms with Crippen LogP contribution in [-0.2, 0) is 5.41 Å². The fourth-order valence-corrected chi connectivity index (χ4v) is 2.82. The quantitative estimate of drug-likeness (QED) is 0.665. The number of hydrogen-bond donors (Lipinski definition) is 1. The molecule has 0 heterocycles. The molecule has 0 aromatic heterocycles. The first kappa shape index (κ1) is 12.5. The van der Waals surface area contributed by atoms with Crippen molar-refractivity contribution in [2.24, 2.45) is 10.7 Å². The minimum absolute atomic E-state index is 0.264. The van der Waals surface area contributed by atoms with Gasteiger partial charge in [-0.25, -0.2) is 0 Å². The number of guanidine groups is 1. The molecule has 0 unspecified atom stereocenters. The van der Waals surface area contributed by atoms with Crippen molar-refractivity contribution in [3.63, 3.8) is 0 Å². The highest BCUT2D eigenvalue weighted by Crippen LogP contribution is 2.49. The van der Waals surface area contributed by atoms with Crippen LogP contribution in [0.25, 0.3) is 0 Å². The molecule has 2 aliphatic carbocycles. The van der Waals surface area contributed by atoms with Crippen LogP contribution in [0.15, 0.2) is 29.3 Å². The van der Waals surface area contributed by atoms with Crippen molar-refractivity contribution < 1.29 is 0 Å². The first-order chi connectivity index (χ1) is 9.12. The number of rotatable bonds is 4. The minimum atomic E-state index is 0.264. The fraction of sp³-hybridized carbons (Fsp3) is 0.562. The van der Waals surface area contributed by atoms with Crippen LogP contribution in [0.3, 0.4) is 0 Å². The summed E-state index contributed by atoms with van der Waals surface area (Å²) >= 11 is 0. The van der Waals surface area contributed by atoms with Crippen LogP contribution in [0.1, 0.15) is 36.8 Å². The zero-order valence-corrected chi connectivity index (χ0v) is 11.9. The Morgan fingerprint density at radius 3 is 2.63 bits per heavy atom. The van der Waals surface area contributed by atoms with Crippen molar-refractivity contribution in [1.82, 2.24) is 4.90 Å². The van der Waals surface area contributed by atoms with Gasteiger partial charge in [-0.3, -0.25) is 4.99 Å². The van der Waals surface area contributed by atoms with Gasteiger partial charge in [0.05, 0.1) is 6.54 Å². The summed E-state index contributed by atoms with van der Waals surface area (Å²) in [7, 11) is 2.06. The summed E-state index contributed by atoms with van der Waals surface area (Å²) in [6.07, 6.45) is 4.99. The van der Waals surface area contributed by atoms with Gasteiger partial charge in [0, 0.05) is 18.5 Å². The lowest BCUT2D eigenvalue weighted by Gasteiger charge is -2.20. The van der Waals surface area contributed by atoms with E-state index in [1.165, 1.54) is 36.8 Å². The van der Waals surface area contributed by atoms with Gasteiger partial charge in [-0.2, -0.15) is 0 Å². The number of nitrogens with zero attached hydrogens (tertiary/aromatic N) is 2. The van der Waals surface area contributed by atoms with E-state index in [9.17, 15) is 0 Å². The predicted octanol–water partition coefficient (Wildman–Crippen LogP) is 2.44. The van der Waals surface area contributed by atoms with Crippen molar-refractivity contribution in [3.8, 4) is 0 Å². The van der Waals surface area contributed by atoms with Crippen LogP contribution in [0.2, 0.25) is 0 Å². The molecule has 2 fully saturated rings. The first-order valence-corrected chi connectivity index (χ1v) is 7.21. The average molecular weight is 257 g/mol. The van der Waals surface area contributed by atoms with Crippen LogP contribution in [0.5, 0.6) is 0 Å². The number of benzene rings is 1. The van der Waals surface area contributed by atoms with Crippen molar-refractivity contribution in [2.75, 3.05) is 13.6 Å². The van der Waals surface area contributed by atoms with E-state index in [-0.39, 0.29) is 5.41 Å². The number of nitrogens with two attached hydrogens (primary N) is 1. The highest BCUT2D eigenvalue weighted by Gasteiger charge is 2.45. The van der Waals surface area contributed by atoms with E-state index in [0.29, 0.717) is 12.0 Å². The third kappa shape index (κ3) is 2.46. The Hall–Kier alpha value is -1.51. The number of aliphatic imine (C=N–C) groups is 1. The lowest BCUT2D eigenvalue weighted by Crippen LogP contribution is -2.36. The van der Waals surface area contributed by atoms with Gasteiger partial charge < -0.3 is 10.6 Å². The Bertz CT molecular complexity index is 498. The van der Waals surface area contributed by atoms with E-state index in [1.54, 1.807) is 0 Å². The van der Waals surface area contributed by atoms with Gasteiger partial charge in [-0.1, -0.05) is 24.3 Å². The van der Waals surface area contributed by atoms with Crippen LogP contribution in [-0.4, -0.2) is 30.5 Å². The summed E-state index contributed by atoms with van der Waals surface area (Å²) in [5.74, 6) is 0.711. The van der Waals surface area contributed by atoms with Crippen LogP contribution >= 0.6 is 0 Å². The molecule has 0 spiro atoms. The summed E-state index contributed by atoms with van der Waals surface area (Å²) in [5, 5.41) is 0. The SMILES string of the molecule is Cc1ccccc1C1(CN=C(N)N(C)C2CC2)CC1. The van der Waals surface area contributed by atoms with Gasteiger partial charge in [0.15, 0.2) is 5.96 Å². The molecule has 102 valence electrons. The topological polar surface area (TPSA) is 41.6 Å². The zero-order chi connectivity index (χ0) is 13.5. The molecule has 0 atom stereocenters. The summed E-state index contributed by atoms with van der Waals surface area (Å²) in [5.41, 5.74) is 9.19. The Morgan fingerprint density at radius 1 is 1.37 bits per heavy atom. The van der Waals surface area contributed by atoms with E-state index in [4.69, 9.17) is 5.73 Å². The minimum Gasteiger partial charge on any atom is -0.370 e. The first-order valence-electron chi connectivity index (χ1n) is 7.21. The maximum absolute atomic E-state index is 6.09. The monoisotopic (exact) mass is 257 g/mol. The molecular weight excluding hydrogens is 234 g/mol. The second kappa shape index (κ2) is 4.55. The van der Waals surface area contributed by atoms with Gasteiger partial charge in [0.25, 0.3) is 0 Å². The molecule has 2 N–H and O–H groups in total. The third-order valence-corrected chi connectivity index (χ3v) is 4.57. The van der Waals surface area contributed by atoms with Crippen molar-refractivity contribution in [1.29, 1.82) is 0 Å². The highest BCUT2D eigenvalue weighted by molar-refractivity contribution is 5.78. The van der Waals surface area contributed by atoms with Gasteiger partial charge in [-0.05, 0) is 43.7 Å².